The Morgan fingerprint density at radius 1 is 1.12 bits per heavy atom. The monoisotopic (exact) mass is 370 g/mol. The summed E-state index contributed by atoms with van der Waals surface area (Å²) in [5, 5.41) is 18.1. The van der Waals surface area contributed by atoms with E-state index < -0.39 is 18.4 Å². The predicted octanol–water partition coefficient (Wildman–Crippen LogP) is 2.13. The SMILES string of the molecule is Cc1ccc(/C=N/NC(=S)Nc2ccc(C(=O)NCC(=O)O)cc2)cc1. The molecule has 2 aromatic rings. The molecule has 0 heterocycles. The molecule has 0 radical (unpaired) electrons. The lowest BCUT2D eigenvalue weighted by atomic mass is 10.2. The van der Waals surface area contributed by atoms with E-state index in [0.717, 1.165) is 5.56 Å². The van der Waals surface area contributed by atoms with Gasteiger partial charge < -0.3 is 15.7 Å². The molecule has 2 aromatic carbocycles. The van der Waals surface area contributed by atoms with Crippen molar-refractivity contribution in [3.05, 3.63) is 65.2 Å². The standard InChI is InChI=1S/C18H18N4O3S/c1-12-2-4-13(5-3-12)10-20-22-18(26)21-15-8-6-14(7-9-15)17(25)19-11-16(23)24/h2-10H,11H2,1H3,(H,19,25)(H,23,24)(H2,21,22,26)/b20-10+. The number of anilines is 1. The van der Waals surface area contributed by atoms with Gasteiger partial charge in [0.2, 0.25) is 0 Å². The highest BCUT2D eigenvalue weighted by molar-refractivity contribution is 7.80. The van der Waals surface area contributed by atoms with E-state index in [1.807, 2.05) is 31.2 Å². The largest absolute Gasteiger partial charge is 0.480 e. The first-order valence-electron chi connectivity index (χ1n) is 7.71. The number of aryl methyl sites for hydroxylation is 1. The second kappa shape index (κ2) is 9.28. The number of nitrogens with zero attached hydrogens (tertiary/aromatic N) is 1. The number of thiocarbonyl (C=S) groups is 1. The molecule has 0 saturated heterocycles. The number of carboxylic acids is 1. The van der Waals surface area contributed by atoms with Crippen LogP contribution in [0.3, 0.4) is 0 Å². The predicted molar refractivity (Wildman–Crippen MR) is 105 cm³/mol. The van der Waals surface area contributed by atoms with E-state index >= 15 is 0 Å². The maximum absolute atomic E-state index is 11.7. The summed E-state index contributed by atoms with van der Waals surface area (Å²) in [6.07, 6.45) is 1.66. The Kier molecular flexibility index (Phi) is 6.81. The van der Waals surface area contributed by atoms with Crippen molar-refractivity contribution in [2.24, 2.45) is 5.10 Å². The number of rotatable bonds is 6. The Morgan fingerprint density at radius 3 is 2.38 bits per heavy atom. The van der Waals surface area contributed by atoms with E-state index in [9.17, 15) is 9.59 Å². The molecule has 0 aliphatic rings. The molecule has 0 aliphatic heterocycles. The minimum Gasteiger partial charge on any atom is -0.480 e. The second-order valence-corrected chi connectivity index (χ2v) is 5.80. The van der Waals surface area contributed by atoms with Crippen molar-refractivity contribution in [2.45, 2.75) is 6.92 Å². The molecule has 0 aromatic heterocycles. The molecule has 0 bridgehead atoms. The number of nitrogens with one attached hydrogen (secondary N) is 3. The van der Waals surface area contributed by atoms with Gasteiger partial charge in [0.25, 0.3) is 5.91 Å². The van der Waals surface area contributed by atoms with Crippen LogP contribution in [0, 0.1) is 6.92 Å². The number of carbonyl (C=O) groups excluding carboxylic acids is 1. The van der Waals surface area contributed by atoms with Crippen LogP contribution in [0.4, 0.5) is 5.69 Å². The first-order chi connectivity index (χ1) is 12.4. The van der Waals surface area contributed by atoms with Crippen LogP contribution in [0.1, 0.15) is 21.5 Å². The molecule has 0 aliphatic carbocycles. The van der Waals surface area contributed by atoms with E-state index in [-0.39, 0.29) is 0 Å². The number of benzene rings is 2. The zero-order valence-electron chi connectivity index (χ0n) is 14.0. The van der Waals surface area contributed by atoms with Crippen molar-refractivity contribution in [2.75, 3.05) is 11.9 Å². The van der Waals surface area contributed by atoms with Gasteiger partial charge in [-0.1, -0.05) is 29.8 Å². The summed E-state index contributed by atoms with van der Waals surface area (Å²) in [4.78, 5) is 22.2. The quantitative estimate of drug-likeness (QED) is 0.353. The summed E-state index contributed by atoms with van der Waals surface area (Å²) < 4.78 is 0. The molecule has 7 nitrogen and oxygen atoms in total. The number of hydrogen-bond acceptors (Lipinski definition) is 4. The van der Waals surface area contributed by atoms with Crippen molar-refractivity contribution >= 4 is 41.1 Å². The van der Waals surface area contributed by atoms with E-state index in [4.69, 9.17) is 17.3 Å². The summed E-state index contributed by atoms with van der Waals surface area (Å²) in [5.41, 5.74) is 5.85. The van der Waals surface area contributed by atoms with E-state index in [2.05, 4.69) is 21.2 Å². The lowest BCUT2D eigenvalue weighted by Gasteiger charge is -2.08. The molecule has 0 saturated carbocycles. The van der Waals surface area contributed by atoms with Gasteiger partial charge >= 0.3 is 5.97 Å². The van der Waals surface area contributed by atoms with Crippen LogP contribution in [0.15, 0.2) is 53.6 Å². The van der Waals surface area contributed by atoms with Crippen LogP contribution in [-0.4, -0.2) is 34.9 Å². The zero-order valence-corrected chi connectivity index (χ0v) is 14.8. The summed E-state index contributed by atoms with van der Waals surface area (Å²) in [5.74, 6) is -1.55. The number of hydrazone groups is 1. The number of aliphatic carboxylic acids is 1. The molecule has 1 amide bonds. The molecular weight excluding hydrogens is 352 g/mol. The van der Waals surface area contributed by atoms with Gasteiger partial charge in [-0.25, -0.2) is 0 Å². The third-order valence-corrected chi connectivity index (χ3v) is 3.46. The minimum absolute atomic E-state index is 0.302. The zero-order chi connectivity index (χ0) is 18.9. The van der Waals surface area contributed by atoms with E-state index in [1.54, 1.807) is 30.5 Å². The highest BCUT2D eigenvalue weighted by atomic mass is 32.1. The highest BCUT2D eigenvalue weighted by Gasteiger charge is 2.07. The molecular formula is C18H18N4O3S. The van der Waals surface area contributed by atoms with Crippen LogP contribution < -0.4 is 16.1 Å². The molecule has 0 unspecified atom stereocenters. The van der Waals surface area contributed by atoms with Gasteiger partial charge in [-0.15, -0.1) is 0 Å². The molecule has 134 valence electrons. The van der Waals surface area contributed by atoms with Crippen molar-refractivity contribution in [3.63, 3.8) is 0 Å². The lowest BCUT2D eigenvalue weighted by molar-refractivity contribution is -0.135. The molecule has 0 atom stereocenters. The number of carbonyl (C=O) groups is 2. The van der Waals surface area contributed by atoms with Crippen LogP contribution in [0.25, 0.3) is 0 Å². The number of hydrogen-bond donors (Lipinski definition) is 4. The lowest BCUT2D eigenvalue weighted by Crippen LogP contribution is -2.29. The Hall–Kier alpha value is -3.26. The van der Waals surface area contributed by atoms with Crippen LogP contribution in [0.5, 0.6) is 0 Å². The summed E-state index contributed by atoms with van der Waals surface area (Å²) in [7, 11) is 0. The third kappa shape index (κ3) is 6.33. The van der Waals surface area contributed by atoms with E-state index in [1.165, 1.54) is 5.56 Å². The topological polar surface area (TPSA) is 103 Å². The third-order valence-electron chi connectivity index (χ3n) is 3.26. The Morgan fingerprint density at radius 2 is 1.77 bits per heavy atom. The molecule has 2 rings (SSSR count). The van der Waals surface area contributed by atoms with Crippen LogP contribution in [-0.2, 0) is 4.79 Å². The molecule has 0 fully saturated rings. The molecule has 0 spiro atoms. The average molecular weight is 370 g/mol. The van der Waals surface area contributed by atoms with Crippen molar-refractivity contribution in [3.8, 4) is 0 Å². The van der Waals surface area contributed by atoms with Gasteiger partial charge in [-0.2, -0.15) is 5.10 Å². The van der Waals surface area contributed by atoms with Gasteiger partial charge in [0.15, 0.2) is 5.11 Å². The Balaban J connectivity index is 1.84. The number of amides is 1. The maximum atomic E-state index is 11.7. The summed E-state index contributed by atoms with van der Waals surface area (Å²) in [6.45, 7) is 1.59. The van der Waals surface area contributed by atoms with E-state index in [0.29, 0.717) is 16.4 Å². The Bertz CT molecular complexity index is 817. The van der Waals surface area contributed by atoms with Gasteiger partial charge in [0.05, 0.1) is 6.21 Å². The van der Waals surface area contributed by atoms with Crippen LogP contribution in [0.2, 0.25) is 0 Å². The fourth-order valence-corrected chi connectivity index (χ4v) is 2.11. The van der Waals surface area contributed by atoms with Crippen molar-refractivity contribution in [1.29, 1.82) is 0 Å². The normalized spacial score (nSPS) is 10.3. The summed E-state index contributed by atoms with van der Waals surface area (Å²) >= 11 is 5.15. The summed E-state index contributed by atoms with van der Waals surface area (Å²) in [6, 6.07) is 14.3. The fraction of sp³-hybridized carbons (Fsp3) is 0.111. The average Bonchev–Trinajstić information content (AvgIpc) is 2.62. The molecule has 26 heavy (non-hydrogen) atoms. The van der Waals surface area contributed by atoms with Gasteiger partial charge in [-0.3, -0.25) is 15.0 Å². The number of carboxylic acid groups (broad SMARTS) is 1. The van der Waals surface area contributed by atoms with Gasteiger partial charge in [-0.05, 0) is 49.0 Å². The van der Waals surface area contributed by atoms with Crippen LogP contribution >= 0.6 is 12.2 Å². The van der Waals surface area contributed by atoms with Gasteiger partial charge in [0, 0.05) is 11.3 Å². The molecule has 4 N–H and O–H groups in total. The smallest absolute Gasteiger partial charge is 0.322 e. The maximum Gasteiger partial charge on any atom is 0.322 e. The second-order valence-electron chi connectivity index (χ2n) is 5.39. The molecule has 8 heteroatoms. The van der Waals surface area contributed by atoms with Crippen molar-refractivity contribution in [1.82, 2.24) is 10.7 Å². The van der Waals surface area contributed by atoms with Gasteiger partial charge in [0.1, 0.15) is 6.54 Å². The first kappa shape index (κ1) is 19.1. The Labute approximate surface area is 156 Å². The fourth-order valence-electron chi connectivity index (χ4n) is 1.94. The highest BCUT2D eigenvalue weighted by Crippen LogP contribution is 2.09. The first-order valence-corrected chi connectivity index (χ1v) is 8.11. The van der Waals surface area contributed by atoms with Crippen molar-refractivity contribution < 1.29 is 14.7 Å². The minimum atomic E-state index is -1.10.